The lowest BCUT2D eigenvalue weighted by atomic mass is 10.3. The van der Waals surface area contributed by atoms with Crippen LogP contribution in [0.4, 0.5) is 0 Å². The third kappa shape index (κ3) is 10.5. The van der Waals surface area contributed by atoms with Crippen LogP contribution in [0.2, 0.25) is 0 Å². The largest absolute Gasteiger partial charge is 0.462 e. The van der Waals surface area contributed by atoms with Crippen LogP contribution in [0.25, 0.3) is 0 Å². The Morgan fingerprint density at radius 3 is 1.54 bits per heavy atom. The molecule has 0 aliphatic heterocycles. The molecule has 1 unspecified atom stereocenters. The highest BCUT2D eigenvalue weighted by Crippen LogP contribution is 2.54. The number of hydrogen-bond donors (Lipinski definition) is 3. The van der Waals surface area contributed by atoms with Crippen LogP contribution in [-0.2, 0) is 28.5 Å². The van der Waals surface area contributed by atoms with Crippen LogP contribution in [-0.4, -0.2) is 82.6 Å². The van der Waals surface area contributed by atoms with E-state index in [2.05, 4.69) is 109 Å². The Labute approximate surface area is 248 Å². The minimum Gasteiger partial charge on any atom is -0.462 e. The van der Waals surface area contributed by atoms with Gasteiger partial charge in [0.1, 0.15) is 36.3 Å². The summed E-state index contributed by atoms with van der Waals surface area (Å²) < 4.78 is 22.1. The summed E-state index contributed by atoms with van der Waals surface area (Å²) in [5.41, 5.74) is 5.52. The van der Waals surface area contributed by atoms with E-state index < -0.39 is 25.2 Å². The van der Waals surface area contributed by atoms with E-state index in [9.17, 15) is 9.59 Å². The number of rotatable bonds is 19. The predicted octanol–water partition coefficient (Wildman–Crippen LogP) is 1.95. The molecule has 0 aliphatic carbocycles. The molecule has 3 aromatic carbocycles. The third-order valence-electron chi connectivity index (χ3n) is 6.34. The predicted molar refractivity (Wildman–Crippen MR) is 168 cm³/mol. The van der Waals surface area contributed by atoms with Gasteiger partial charge in [-0.25, -0.2) is 0 Å². The molecule has 1 amide bonds. The molecule has 41 heavy (non-hydrogen) atoms. The number of amides is 1. The molecular weight excluding hydrogens is 559 g/mol. The fraction of sp³-hybridized carbons (Fsp3) is 0.355. The zero-order chi connectivity index (χ0) is 29.2. The Morgan fingerprint density at radius 1 is 0.683 bits per heavy atom. The molecule has 220 valence electrons. The van der Waals surface area contributed by atoms with Crippen molar-refractivity contribution in [3.05, 3.63) is 91.0 Å². The first-order valence-electron chi connectivity index (χ1n) is 13.7. The molecular formula is C31H40N2O6PS+. The van der Waals surface area contributed by atoms with E-state index in [1.54, 1.807) is 0 Å². The van der Waals surface area contributed by atoms with Crippen LogP contribution in [0.15, 0.2) is 91.0 Å². The Kier molecular flexibility index (Phi) is 14.9. The maximum absolute atomic E-state index is 11.6. The van der Waals surface area contributed by atoms with Crippen molar-refractivity contribution in [1.82, 2.24) is 5.32 Å². The maximum Gasteiger partial charge on any atom is 0.325 e. The summed E-state index contributed by atoms with van der Waals surface area (Å²) in [6.45, 7) is 2.41. The first kappa shape index (κ1) is 32.7. The molecule has 0 spiro atoms. The standard InChI is InChI=1S/C31H39N2O6PS/c32-29(25-41)31(35)33-24-30(34)39-21-20-37-17-16-36-18-19-38-22-23-40(26-10-4-1-5-11-26,27-12-6-2-7-13-27)28-14-8-3-9-15-28/h1-15,29H,16-25,32H2,(H-,33,35,41)/p+1. The van der Waals surface area contributed by atoms with Crippen molar-refractivity contribution in [3.8, 4) is 0 Å². The lowest BCUT2D eigenvalue weighted by Gasteiger charge is -2.27. The van der Waals surface area contributed by atoms with Crippen molar-refractivity contribution in [2.45, 2.75) is 6.04 Å². The number of nitrogens with one attached hydrogen (secondary N) is 1. The van der Waals surface area contributed by atoms with E-state index in [0.717, 1.165) is 6.16 Å². The van der Waals surface area contributed by atoms with Crippen molar-refractivity contribution < 1.29 is 28.5 Å². The molecule has 0 heterocycles. The first-order valence-corrected chi connectivity index (χ1v) is 16.3. The molecule has 10 heteroatoms. The van der Waals surface area contributed by atoms with Gasteiger partial charge in [-0.1, -0.05) is 54.6 Å². The average Bonchev–Trinajstić information content (AvgIpc) is 3.03. The average molecular weight is 600 g/mol. The van der Waals surface area contributed by atoms with E-state index in [-0.39, 0.29) is 25.5 Å². The van der Waals surface area contributed by atoms with Crippen LogP contribution in [0.5, 0.6) is 0 Å². The SMILES string of the molecule is NC(CS)C(=O)NCC(=O)OCCOCCOCCOCC[P+](c1ccccc1)(c1ccccc1)c1ccccc1. The summed E-state index contributed by atoms with van der Waals surface area (Å²) in [5.74, 6) is -0.805. The highest BCUT2D eigenvalue weighted by Gasteiger charge is 2.44. The molecule has 3 N–H and O–H groups in total. The van der Waals surface area contributed by atoms with Gasteiger partial charge in [0.05, 0.1) is 51.8 Å². The van der Waals surface area contributed by atoms with Gasteiger partial charge in [-0.3, -0.25) is 9.59 Å². The van der Waals surface area contributed by atoms with Gasteiger partial charge in [-0.15, -0.1) is 0 Å². The van der Waals surface area contributed by atoms with E-state index in [1.807, 2.05) is 0 Å². The van der Waals surface area contributed by atoms with Gasteiger partial charge in [-0.05, 0) is 36.4 Å². The second-order valence-corrected chi connectivity index (χ2v) is 13.1. The van der Waals surface area contributed by atoms with Gasteiger partial charge in [0, 0.05) is 5.75 Å². The van der Waals surface area contributed by atoms with Gasteiger partial charge in [0.15, 0.2) is 0 Å². The normalized spacial score (nSPS) is 12.0. The van der Waals surface area contributed by atoms with Crippen molar-refractivity contribution in [2.75, 3.05) is 64.7 Å². The minimum atomic E-state index is -1.90. The molecule has 3 rings (SSSR count). The van der Waals surface area contributed by atoms with Crippen LogP contribution in [0.1, 0.15) is 0 Å². The fourth-order valence-corrected chi connectivity index (χ4v) is 8.55. The lowest BCUT2D eigenvalue weighted by Crippen LogP contribution is -2.44. The van der Waals surface area contributed by atoms with E-state index in [1.165, 1.54) is 15.9 Å². The molecule has 0 radical (unpaired) electrons. The second-order valence-electron chi connectivity index (χ2n) is 9.10. The molecule has 3 aromatic rings. The van der Waals surface area contributed by atoms with Gasteiger partial charge in [-0.2, -0.15) is 12.6 Å². The van der Waals surface area contributed by atoms with Gasteiger partial charge >= 0.3 is 5.97 Å². The Balaban J connectivity index is 1.36. The monoisotopic (exact) mass is 599 g/mol. The van der Waals surface area contributed by atoms with Crippen LogP contribution in [0, 0.1) is 0 Å². The molecule has 0 aromatic heterocycles. The van der Waals surface area contributed by atoms with E-state index in [0.29, 0.717) is 33.0 Å². The number of carbonyl (C=O) groups is 2. The summed E-state index contributed by atoms with van der Waals surface area (Å²) in [4.78, 5) is 23.2. The number of hydrogen-bond acceptors (Lipinski definition) is 8. The van der Waals surface area contributed by atoms with Crippen LogP contribution in [0.3, 0.4) is 0 Å². The summed E-state index contributed by atoms with van der Waals surface area (Å²) in [6, 6.07) is 31.5. The summed E-state index contributed by atoms with van der Waals surface area (Å²) in [6.07, 6.45) is 0.887. The lowest BCUT2D eigenvalue weighted by molar-refractivity contribution is -0.145. The van der Waals surface area contributed by atoms with E-state index >= 15 is 0 Å². The molecule has 8 nitrogen and oxygen atoms in total. The minimum absolute atomic E-state index is 0.0888. The number of nitrogens with two attached hydrogens (primary N) is 1. The molecule has 0 aliphatic rings. The summed E-state index contributed by atoms with van der Waals surface area (Å²) >= 11 is 3.94. The summed E-state index contributed by atoms with van der Waals surface area (Å²) in [5, 5.41) is 6.40. The highest BCUT2D eigenvalue weighted by atomic mass is 32.1. The topological polar surface area (TPSA) is 109 Å². The smallest absolute Gasteiger partial charge is 0.325 e. The van der Waals surface area contributed by atoms with Crippen molar-refractivity contribution in [2.24, 2.45) is 5.73 Å². The molecule has 0 fully saturated rings. The van der Waals surface area contributed by atoms with Crippen LogP contribution >= 0.6 is 19.9 Å². The molecule has 1 atom stereocenters. The fourth-order valence-electron chi connectivity index (χ4n) is 4.26. The summed E-state index contributed by atoms with van der Waals surface area (Å²) in [7, 11) is -1.90. The number of ether oxygens (including phenoxy) is 4. The van der Waals surface area contributed by atoms with Crippen LogP contribution < -0.4 is 27.0 Å². The van der Waals surface area contributed by atoms with E-state index in [4.69, 9.17) is 24.7 Å². The first-order chi connectivity index (χ1) is 20.1. The number of thiol groups is 1. The zero-order valence-corrected chi connectivity index (χ0v) is 25.0. The Bertz CT molecular complexity index is 1060. The molecule has 0 saturated carbocycles. The van der Waals surface area contributed by atoms with Gasteiger partial charge in [0.25, 0.3) is 0 Å². The number of carbonyl (C=O) groups excluding carboxylic acids is 2. The number of benzene rings is 3. The second kappa shape index (κ2) is 18.6. The van der Waals surface area contributed by atoms with Gasteiger partial charge in [0.2, 0.25) is 5.91 Å². The maximum atomic E-state index is 11.6. The zero-order valence-electron chi connectivity index (χ0n) is 23.2. The third-order valence-corrected chi connectivity index (χ3v) is 11.1. The highest BCUT2D eigenvalue weighted by molar-refractivity contribution is 7.95. The van der Waals surface area contributed by atoms with Crippen molar-refractivity contribution in [1.29, 1.82) is 0 Å². The van der Waals surface area contributed by atoms with Crippen molar-refractivity contribution >= 4 is 47.7 Å². The molecule has 0 saturated heterocycles. The van der Waals surface area contributed by atoms with Crippen molar-refractivity contribution in [3.63, 3.8) is 0 Å². The number of esters is 1. The Hall–Kier alpha value is -2.78. The molecule has 0 bridgehead atoms. The Morgan fingerprint density at radius 2 is 1.10 bits per heavy atom. The quantitative estimate of drug-likeness (QED) is 0.0837. The van der Waals surface area contributed by atoms with Gasteiger partial charge < -0.3 is 30.0 Å².